The Kier molecular flexibility index (Phi) is 6.42. The number of thioether (sulfide) groups is 1. The van der Waals surface area contributed by atoms with E-state index in [9.17, 15) is 20.0 Å². The van der Waals surface area contributed by atoms with Crippen molar-refractivity contribution < 1.29 is 24.2 Å². The summed E-state index contributed by atoms with van der Waals surface area (Å²) >= 11 is 1.03. The van der Waals surface area contributed by atoms with E-state index in [0.29, 0.717) is 23.0 Å². The summed E-state index contributed by atoms with van der Waals surface area (Å²) in [5.41, 5.74) is 0.701. The van der Waals surface area contributed by atoms with Gasteiger partial charge in [0, 0.05) is 12.3 Å². The largest absolute Gasteiger partial charge is 0.504 e. The number of methoxy groups -OCH3 is 1. The fraction of sp³-hybridized carbons (Fsp3) is 0.412. The molecule has 132 valence electrons. The smallest absolute Gasteiger partial charge is 0.316 e. The fourth-order valence-electron chi connectivity index (χ4n) is 2.52. The van der Waals surface area contributed by atoms with Crippen LogP contribution in [-0.2, 0) is 14.3 Å². The summed E-state index contributed by atoms with van der Waals surface area (Å²) in [6.45, 7) is 2.17. The second-order valence-electron chi connectivity index (χ2n) is 5.29. The lowest BCUT2D eigenvalue weighted by molar-refractivity contribution is -0.137. The number of nitrogens with zero attached hydrogens (tertiary/aromatic N) is 2. The maximum Gasteiger partial charge on any atom is 0.316 e. The number of nitriles is 1. The normalized spacial score (nSPS) is 19.7. The summed E-state index contributed by atoms with van der Waals surface area (Å²) in [4.78, 5) is 27.3. The highest BCUT2D eigenvalue weighted by atomic mass is 32.2. The van der Waals surface area contributed by atoms with Crippen LogP contribution in [0.2, 0.25) is 0 Å². The van der Waals surface area contributed by atoms with Gasteiger partial charge in [-0.05, 0) is 24.6 Å². The lowest BCUT2D eigenvalue weighted by atomic mass is 9.83. The van der Waals surface area contributed by atoms with Crippen LogP contribution in [0.3, 0.4) is 0 Å². The number of phenols is 1. The molecule has 7 nitrogen and oxygen atoms in total. The molecule has 0 saturated heterocycles. The molecule has 1 heterocycles. The van der Waals surface area contributed by atoms with Crippen molar-refractivity contribution in [2.24, 2.45) is 10.9 Å². The van der Waals surface area contributed by atoms with E-state index >= 15 is 0 Å². The number of ether oxygens (including phenoxy) is 2. The van der Waals surface area contributed by atoms with E-state index in [0.717, 1.165) is 11.8 Å². The summed E-state index contributed by atoms with van der Waals surface area (Å²) < 4.78 is 9.95. The summed E-state index contributed by atoms with van der Waals surface area (Å²) in [5, 5.41) is 19.7. The van der Waals surface area contributed by atoms with Gasteiger partial charge in [-0.15, -0.1) is 0 Å². The number of carbonyl (C=O) groups is 2. The number of rotatable bonds is 5. The van der Waals surface area contributed by atoms with Crippen molar-refractivity contribution in [1.82, 2.24) is 0 Å². The minimum Gasteiger partial charge on any atom is -0.504 e. The zero-order valence-electron chi connectivity index (χ0n) is 13.9. The first-order chi connectivity index (χ1) is 12.0. The molecule has 0 spiro atoms. The monoisotopic (exact) mass is 362 g/mol. The number of amides is 1. The van der Waals surface area contributed by atoms with Gasteiger partial charge in [0.1, 0.15) is 5.92 Å². The molecule has 1 aromatic rings. The number of aromatic hydroxyl groups is 1. The van der Waals surface area contributed by atoms with Gasteiger partial charge >= 0.3 is 5.97 Å². The second-order valence-corrected chi connectivity index (χ2v) is 6.28. The maximum absolute atomic E-state index is 12.0. The number of esters is 1. The van der Waals surface area contributed by atoms with Gasteiger partial charge in [0.05, 0.1) is 30.6 Å². The van der Waals surface area contributed by atoms with E-state index in [-0.39, 0.29) is 23.8 Å². The Bertz CT molecular complexity index is 741. The Morgan fingerprint density at radius 1 is 1.52 bits per heavy atom. The van der Waals surface area contributed by atoms with Crippen LogP contribution in [0.4, 0.5) is 0 Å². The molecule has 1 aromatic carbocycles. The van der Waals surface area contributed by atoms with Crippen molar-refractivity contribution >= 4 is 28.7 Å². The molecular formula is C17H18N2O5S. The molecule has 8 heteroatoms. The maximum atomic E-state index is 12.0. The Hall–Kier alpha value is -2.53. The first kappa shape index (κ1) is 18.8. The molecule has 25 heavy (non-hydrogen) atoms. The second kappa shape index (κ2) is 8.53. The number of aliphatic imine (C=N–C) groups is 1. The Morgan fingerprint density at radius 2 is 2.28 bits per heavy atom. The standard InChI is InChI=1S/C17H18N2O5S/c1-3-24-14-6-10(4-5-13(14)20)11-7-15(21)19-17(12(11)8-18)25-9-16(22)23-2/h4-6,11-12,20H,3,7,9H2,1-2H3. The highest BCUT2D eigenvalue weighted by Crippen LogP contribution is 2.39. The molecule has 0 aromatic heterocycles. The van der Waals surface area contributed by atoms with Crippen molar-refractivity contribution in [3.63, 3.8) is 0 Å². The summed E-state index contributed by atoms with van der Waals surface area (Å²) in [6, 6.07) is 6.94. The minimum atomic E-state index is -0.661. The summed E-state index contributed by atoms with van der Waals surface area (Å²) in [6.07, 6.45) is 0.0802. The van der Waals surface area contributed by atoms with Crippen molar-refractivity contribution in [1.29, 1.82) is 5.26 Å². The van der Waals surface area contributed by atoms with E-state index in [1.807, 2.05) is 0 Å². The van der Waals surface area contributed by atoms with Gasteiger partial charge in [-0.2, -0.15) is 5.26 Å². The molecule has 0 aliphatic carbocycles. The SMILES string of the molecule is CCOc1cc(C2CC(=O)N=C(SCC(=O)OC)C2C#N)ccc1O. The Balaban J connectivity index is 2.30. The third-order valence-electron chi connectivity index (χ3n) is 3.71. The van der Waals surface area contributed by atoms with Crippen LogP contribution in [-0.4, -0.2) is 41.5 Å². The Morgan fingerprint density at radius 3 is 2.92 bits per heavy atom. The molecule has 1 N–H and O–H groups in total. The molecule has 1 aliphatic rings. The molecule has 0 saturated carbocycles. The van der Waals surface area contributed by atoms with Crippen LogP contribution >= 0.6 is 11.8 Å². The number of phenolic OH excluding ortho intramolecular Hbond substituents is 1. The highest BCUT2D eigenvalue weighted by Gasteiger charge is 2.35. The summed E-state index contributed by atoms with van der Waals surface area (Å²) in [5.74, 6) is -1.61. The van der Waals surface area contributed by atoms with Gasteiger partial charge in [0.15, 0.2) is 11.5 Å². The molecular weight excluding hydrogens is 344 g/mol. The molecule has 2 rings (SSSR count). The quantitative estimate of drug-likeness (QED) is 0.800. The van der Waals surface area contributed by atoms with Crippen molar-refractivity contribution in [2.45, 2.75) is 19.3 Å². The number of hydrogen-bond acceptors (Lipinski definition) is 7. The number of hydrogen-bond donors (Lipinski definition) is 1. The van der Waals surface area contributed by atoms with Gasteiger partial charge < -0.3 is 14.6 Å². The van der Waals surface area contributed by atoms with E-state index in [2.05, 4.69) is 15.8 Å². The zero-order chi connectivity index (χ0) is 18.4. The van der Waals surface area contributed by atoms with E-state index in [1.54, 1.807) is 19.1 Å². The minimum absolute atomic E-state index is 0.00444. The summed E-state index contributed by atoms with van der Waals surface area (Å²) in [7, 11) is 1.27. The first-order valence-electron chi connectivity index (χ1n) is 7.66. The lowest BCUT2D eigenvalue weighted by Gasteiger charge is -2.26. The van der Waals surface area contributed by atoms with Crippen LogP contribution in [0, 0.1) is 17.2 Å². The van der Waals surface area contributed by atoms with E-state index < -0.39 is 17.8 Å². The topological polar surface area (TPSA) is 109 Å². The molecule has 2 atom stereocenters. The van der Waals surface area contributed by atoms with Gasteiger partial charge in [0.2, 0.25) is 5.91 Å². The first-order valence-corrected chi connectivity index (χ1v) is 8.65. The Labute approximate surface area is 149 Å². The molecule has 1 aliphatic heterocycles. The molecule has 0 fully saturated rings. The average molecular weight is 362 g/mol. The molecule has 1 amide bonds. The molecule has 2 unspecified atom stereocenters. The van der Waals surface area contributed by atoms with Gasteiger partial charge in [0.25, 0.3) is 0 Å². The van der Waals surface area contributed by atoms with Crippen LogP contribution in [0.5, 0.6) is 11.5 Å². The van der Waals surface area contributed by atoms with E-state index in [4.69, 9.17) is 4.74 Å². The van der Waals surface area contributed by atoms with Crippen molar-refractivity contribution in [3.8, 4) is 17.6 Å². The van der Waals surface area contributed by atoms with Gasteiger partial charge in [-0.25, -0.2) is 4.99 Å². The van der Waals surface area contributed by atoms with Crippen molar-refractivity contribution in [3.05, 3.63) is 23.8 Å². The average Bonchev–Trinajstić information content (AvgIpc) is 2.61. The fourth-order valence-corrected chi connectivity index (χ4v) is 3.46. The third kappa shape index (κ3) is 4.51. The zero-order valence-corrected chi connectivity index (χ0v) is 14.7. The number of carbonyl (C=O) groups excluding carboxylic acids is 2. The predicted octanol–water partition coefficient (Wildman–Crippen LogP) is 2.25. The molecule has 0 bridgehead atoms. The van der Waals surface area contributed by atoms with E-state index in [1.165, 1.54) is 13.2 Å². The number of benzene rings is 1. The van der Waals surface area contributed by atoms with Crippen molar-refractivity contribution in [2.75, 3.05) is 19.5 Å². The van der Waals surface area contributed by atoms with Crippen LogP contribution in [0.25, 0.3) is 0 Å². The van der Waals surface area contributed by atoms with Gasteiger partial charge in [-0.3, -0.25) is 9.59 Å². The predicted molar refractivity (Wildman–Crippen MR) is 92.7 cm³/mol. The van der Waals surface area contributed by atoms with Gasteiger partial charge in [-0.1, -0.05) is 17.8 Å². The van der Waals surface area contributed by atoms with Crippen LogP contribution in [0.1, 0.15) is 24.8 Å². The van der Waals surface area contributed by atoms with Crippen LogP contribution < -0.4 is 4.74 Å². The molecule has 0 radical (unpaired) electrons. The van der Waals surface area contributed by atoms with Crippen LogP contribution in [0.15, 0.2) is 23.2 Å². The third-order valence-corrected chi connectivity index (χ3v) is 4.74. The lowest BCUT2D eigenvalue weighted by Crippen LogP contribution is -2.28. The highest BCUT2D eigenvalue weighted by molar-refractivity contribution is 8.14.